The lowest BCUT2D eigenvalue weighted by Gasteiger charge is -2.21. The largest absolute Gasteiger partial charge is 0.338 e. The average Bonchev–Trinajstić information content (AvgIpc) is 3.00. The van der Waals surface area contributed by atoms with Gasteiger partial charge >= 0.3 is 0 Å². The summed E-state index contributed by atoms with van der Waals surface area (Å²) in [5.41, 5.74) is 6.23. The monoisotopic (exact) mass is 382 g/mol. The van der Waals surface area contributed by atoms with Crippen molar-refractivity contribution in [3.63, 3.8) is 0 Å². The Morgan fingerprint density at radius 1 is 1.04 bits per heavy atom. The number of carbonyl (C=O) groups excluding carboxylic acids is 1. The van der Waals surface area contributed by atoms with Crippen LogP contribution in [0.1, 0.15) is 32.6 Å². The Hall–Kier alpha value is -2.24. The molecule has 0 aliphatic carbocycles. The van der Waals surface area contributed by atoms with Gasteiger partial charge in [0.2, 0.25) is 0 Å². The maximum absolute atomic E-state index is 13.4. The van der Waals surface area contributed by atoms with Crippen molar-refractivity contribution in [2.24, 2.45) is 0 Å². The van der Waals surface area contributed by atoms with Crippen molar-refractivity contribution in [1.82, 2.24) is 4.98 Å². The van der Waals surface area contributed by atoms with Crippen LogP contribution >= 0.6 is 11.3 Å². The molecule has 0 unspecified atom stereocenters. The fraction of sp³-hybridized carbons (Fsp3) is 0.364. The van der Waals surface area contributed by atoms with E-state index in [-0.39, 0.29) is 5.91 Å². The number of quaternary nitrogens is 1. The molecule has 0 radical (unpaired) electrons. The molecule has 1 N–H and O–H groups in total. The normalized spacial score (nSPS) is 11.4. The van der Waals surface area contributed by atoms with Crippen LogP contribution in [0.2, 0.25) is 0 Å². The minimum atomic E-state index is 0.0332. The number of aryl methyl sites for hydroxylation is 4. The molecule has 0 fully saturated rings. The number of anilines is 1. The molecule has 142 valence electrons. The number of carbonyl (C=O) groups is 1. The molecule has 0 saturated carbocycles. The number of likely N-dealkylation sites (N-methyl/N-ethyl adjacent to an activating group) is 1. The van der Waals surface area contributed by atoms with Gasteiger partial charge in [-0.3, -0.25) is 9.69 Å². The number of aromatic nitrogens is 1. The summed E-state index contributed by atoms with van der Waals surface area (Å²) in [6.45, 7) is 9.71. The first-order chi connectivity index (χ1) is 12.8. The van der Waals surface area contributed by atoms with E-state index in [9.17, 15) is 4.79 Å². The van der Waals surface area contributed by atoms with E-state index in [1.54, 1.807) is 11.3 Å². The van der Waals surface area contributed by atoms with Gasteiger partial charge in [0.1, 0.15) is 0 Å². The van der Waals surface area contributed by atoms with Crippen molar-refractivity contribution in [3.05, 3.63) is 58.1 Å². The summed E-state index contributed by atoms with van der Waals surface area (Å²) in [4.78, 5) is 21.5. The molecule has 27 heavy (non-hydrogen) atoms. The van der Waals surface area contributed by atoms with E-state index >= 15 is 0 Å². The first-order valence-corrected chi connectivity index (χ1v) is 10.1. The standard InChI is InChI=1S/C22H27N3OS/c1-14-7-8-16(3)18(12-14)21(26)25(10-9-24(5)6)22-23-20-17(4)11-15(2)13-19(20)27-22/h7-8,11-13H,9-10H2,1-6H3/p+1. The summed E-state index contributed by atoms with van der Waals surface area (Å²) in [5, 5.41) is 0.783. The van der Waals surface area contributed by atoms with Gasteiger partial charge in [-0.1, -0.05) is 35.1 Å². The highest BCUT2D eigenvalue weighted by atomic mass is 32.1. The Morgan fingerprint density at radius 2 is 1.78 bits per heavy atom. The molecule has 4 nitrogen and oxygen atoms in total. The fourth-order valence-electron chi connectivity index (χ4n) is 3.21. The average molecular weight is 383 g/mol. The van der Waals surface area contributed by atoms with E-state index in [0.29, 0.717) is 6.54 Å². The quantitative estimate of drug-likeness (QED) is 0.735. The van der Waals surface area contributed by atoms with Crippen LogP contribution in [0, 0.1) is 27.7 Å². The van der Waals surface area contributed by atoms with Gasteiger partial charge in [0.15, 0.2) is 5.13 Å². The molecule has 0 aliphatic rings. The highest BCUT2D eigenvalue weighted by Gasteiger charge is 2.24. The number of fused-ring (bicyclic) bond motifs is 1. The van der Waals surface area contributed by atoms with Crippen LogP contribution < -0.4 is 9.80 Å². The number of hydrogen-bond acceptors (Lipinski definition) is 3. The van der Waals surface area contributed by atoms with Gasteiger partial charge in [0.25, 0.3) is 5.91 Å². The third kappa shape index (κ3) is 4.20. The number of nitrogens with zero attached hydrogens (tertiary/aromatic N) is 2. The molecular weight excluding hydrogens is 354 g/mol. The number of hydrogen-bond donors (Lipinski definition) is 1. The van der Waals surface area contributed by atoms with Gasteiger partial charge in [0, 0.05) is 5.56 Å². The topological polar surface area (TPSA) is 37.6 Å². The molecule has 0 atom stereocenters. The number of amides is 1. The van der Waals surface area contributed by atoms with Crippen LogP contribution in [0.5, 0.6) is 0 Å². The third-order valence-corrected chi connectivity index (χ3v) is 5.78. The molecule has 3 aromatic rings. The van der Waals surface area contributed by atoms with E-state index in [1.807, 2.05) is 36.9 Å². The van der Waals surface area contributed by atoms with Crippen molar-refractivity contribution in [1.29, 1.82) is 0 Å². The molecule has 1 heterocycles. The highest BCUT2D eigenvalue weighted by Crippen LogP contribution is 2.32. The number of thiazole rings is 1. The first-order valence-electron chi connectivity index (χ1n) is 9.32. The van der Waals surface area contributed by atoms with E-state index in [0.717, 1.165) is 44.1 Å². The molecule has 1 aromatic heterocycles. The van der Waals surface area contributed by atoms with Crippen molar-refractivity contribution in [2.75, 3.05) is 32.1 Å². The second kappa shape index (κ2) is 7.79. The van der Waals surface area contributed by atoms with Crippen LogP contribution in [0.25, 0.3) is 10.2 Å². The summed E-state index contributed by atoms with van der Waals surface area (Å²) < 4.78 is 1.14. The predicted octanol–water partition coefficient (Wildman–Crippen LogP) is 3.32. The Labute approximate surface area is 165 Å². The molecule has 0 aliphatic heterocycles. The zero-order chi connectivity index (χ0) is 19.7. The van der Waals surface area contributed by atoms with Gasteiger partial charge in [0.05, 0.1) is 37.4 Å². The Kier molecular flexibility index (Phi) is 5.63. The summed E-state index contributed by atoms with van der Waals surface area (Å²) in [6, 6.07) is 10.3. The Morgan fingerprint density at radius 3 is 2.48 bits per heavy atom. The van der Waals surface area contributed by atoms with Crippen molar-refractivity contribution < 1.29 is 9.69 Å². The summed E-state index contributed by atoms with van der Waals surface area (Å²) in [5.74, 6) is 0.0332. The van der Waals surface area contributed by atoms with E-state index in [1.165, 1.54) is 10.5 Å². The lowest BCUT2D eigenvalue weighted by atomic mass is 10.0. The second-order valence-electron chi connectivity index (χ2n) is 7.66. The number of rotatable bonds is 5. The second-order valence-corrected chi connectivity index (χ2v) is 8.67. The molecule has 5 heteroatoms. The van der Waals surface area contributed by atoms with Crippen LogP contribution in [0.4, 0.5) is 5.13 Å². The summed E-state index contributed by atoms with van der Waals surface area (Å²) in [6.07, 6.45) is 0. The van der Waals surface area contributed by atoms with E-state index in [4.69, 9.17) is 4.98 Å². The highest BCUT2D eigenvalue weighted by molar-refractivity contribution is 7.22. The first kappa shape index (κ1) is 19.5. The fourth-order valence-corrected chi connectivity index (χ4v) is 4.37. The summed E-state index contributed by atoms with van der Waals surface area (Å²) >= 11 is 1.60. The minimum Gasteiger partial charge on any atom is -0.338 e. The lowest BCUT2D eigenvalue weighted by Crippen LogP contribution is -3.06. The zero-order valence-corrected chi connectivity index (χ0v) is 17.8. The van der Waals surface area contributed by atoms with Crippen LogP contribution in [0.3, 0.4) is 0 Å². The maximum atomic E-state index is 13.4. The molecular formula is C22H28N3OS+. The Bertz CT molecular complexity index is 991. The van der Waals surface area contributed by atoms with Gasteiger partial charge in [-0.15, -0.1) is 0 Å². The van der Waals surface area contributed by atoms with E-state index < -0.39 is 0 Å². The summed E-state index contributed by atoms with van der Waals surface area (Å²) in [7, 11) is 4.21. The predicted molar refractivity (Wildman–Crippen MR) is 114 cm³/mol. The van der Waals surface area contributed by atoms with Crippen molar-refractivity contribution >= 4 is 32.6 Å². The van der Waals surface area contributed by atoms with Gasteiger partial charge in [-0.05, 0) is 56.5 Å². The van der Waals surface area contributed by atoms with Crippen molar-refractivity contribution in [2.45, 2.75) is 27.7 Å². The smallest absolute Gasteiger partial charge is 0.260 e. The van der Waals surface area contributed by atoms with E-state index in [2.05, 4.69) is 40.1 Å². The molecule has 0 saturated heterocycles. The maximum Gasteiger partial charge on any atom is 0.260 e. The molecule has 0 bridgehead atoms. The molecule has 2 aromatic carbocycles. The zero-order valence-electron chi connectivity index (χ0n) is 17.0. The lowest BCUT2D eigenvalue weighted by molar-refractivity contribution is -0.856. The van der Waals surface area contributed by atoms with Crippen LogP contribution in [0.15, 0.2) is 30.3 Å². The number of nitrogens with one attached hydrogen (secondary N) is 1. The minimum absolute atomic E-state index is 0.0332. The van der Waals surface area contributed by atoms with Gasteiger partial charge in [-0.2, -0.15) is 0 Å². The Balaban J connectivity index is 2.07. The van der Waals surface area contributed by atoms with Crippen LogP contribution in [-0.2, 0) is 0 Å². The van der Waals surface area contributed by atoms with Gasteiger partial charge < -0.3 is 4.90 Å². The third-order valence-electron chi connectivity index (χ3n) is 4.75. The number of benzene rings is 2. The molecule has 1 amide bonds. The molecule has 0 spiro atoms. The van der Waals surface area contributed by atoms with Gasteiger partial charge in [-0.25, -0.2) is 4.98 Å². The molecule has 3 rings (SSSR count). The SMILES string of the molecule is Cc1ccc(C)c(C(=O)N(CC[NH+](C)C)c2nc3c(C)cc(C)cc3s2)c1. The van der Waals surface area contributed by atoms with Crippen LogP contribution in [-0.4, -0.2) is 38.1 Å². The van der Waals surface area contributed by atoms with Crippen molar-refractivity contribution in [3.8, 4) is 0 Å².